The van der Waals surface area contributed by atoms with Gasteiger partial charge in [-0.1, -0.05) is 0 Å². The lowest BCUT2D eigenvalue weighted by Crippen LogP contribution is -2.88. The van der Waals surface area contributed by atoms with Gasteiger partial charge in [-0.05, 0) is 0 Å². The normalized spacial score (nSPS) is 36.0. The summed E-state index contributed by atoms with van der Waals surface area (Å²) in [6, 6.07) is 0. The van der Waals surface area contributed by atoms with Crippen molar-refractivity contribution in [3.05, 3.63) is 0 Å². The molecule has 2 aliphatic rings. The second-order valence-electron chi connectivity index (χ2n) is 5.32. The minimum Gasteiger partial charge on any atom is -0.289 e. The highest BCUT2D eigenvalue weighted by Gasteiger charge is 3.11. The van der Waals surface area contributed by atoms with Crippen LogP contribution in [0.5, 0.6) is 0 Å². The van der Waals surface area contributed by atoms with E-state index in [-0.39, 0.29) is 0 Å². The van der Waals surface area contributed by atoms with Crippen LogP contribution in [0, 0.1) is 0 Å². The van der Waals surface area contributed by atoms with Crippen LogP contribution < -0.4 is 0 Å². The van der Waals surface area contributed by atoms with E-state index in [1.165, 1.54) is 0 Å². The van der Waals surface area contributed by atoms with Crippen molar-refractivity contribution in [2.45, 2.75) is 53.2 Å². The van der Waals surface area contributed by atoms with Crippen LogP contribution in [-0.2, 0) is 4.74 Å². The molecule has 2 rings (SSSR count). The smallest absolute Gasteiger partial charge is 0.289 e. The molecule has 1 saturated heterocycles. The van der Waals surface area contributed by atoms with Crippen LogP contribution in [0.15, 0.2) is 0 Å². The van der Waals surface area contributed by atoms with E-state index in [4.69, 9.17) is 0 Å². The molecule has 17 heteroatoms. The fraction of sp³-hybridized carbons (Fsp3) is 1.00. The molecule has 0 amide bonds. The Labute approximate surface area is 129 Å². The highest BCUT2D eigenvalue weighted by molar-refractivity contribution is 5.34. The van der Waals surface area contributed by atoms with Crippen LogP contribution >= 0.6 is 0 Å². The van der Waals surface area contributed by atoms with Crippen molar-refractivity contribution < 1.29 is 75.0 Å². The molecule has 0 N–H and O–H groups in total. The van der Waals surface area contributed by atoms with Gasteiger partial charge in [0, 0.05) is 0 Å². The second-order valence-corrected chi connectivity index (χ2v) is 5.32. The largest absolute Gasteiger partial charge is 0.427 e. The zero-order chi connectivity index (χ0) is 21.2. The first-order chi connectivity index (χ1) is 11.0. The van der Waals surface area contributed by atoms with E-state index in [1.807, 2.05) is 0 Å². The molecule has 154 valence electrons. The van der Waals surface area contributed by atoms with Crippen molar-refractivity contribution in [3.63, 3.8) is 0 Å². The lowest BCUT2D eigenvalue weighted by molar-refractivity contribution is -0.523. The Morgan fingerprint density at radius 1 is 0.308 bits per heavy atom. The summed E-state index contributed by atoms with van der Waals surface area (Å²) in [4.78, 5) is 0. The quantitative estimate of drug-likeness (QED) is 0.504. The van der Waals surface area contributed by atoms with Gasteiger partial charge >= 0.3 is 47.6 Å². The fourth-order valence-electron chi connectivity index (χ4n) is 2.48. The van der Waals surface area contributed by atoms with Crippen molar-refractivity contribution in [1.82, 2.24) is 0 Å². The molecule has 0 unspecified atom stereocenters. The molecule has 1 aliphatic heterocycles. The molecule has 0 bridgehead atoms. The lowest BCUT2D eigenvalue weighted by atomic mass is 9.67. The fourth-order valence-corrected chi connectivity index (χ4v) is 2.48. The SMILES string of the molecule is FC1(F)OC2(C(F)(F)C1(F)F)C(F)(F)C(F)(F)C(F)(F)C(F)(F)C2(F)F. The minimum atomic E-state index is -8.03. The zero-order valence-corrected chi connectivity index (χ0v) is 11.0. The predicted octanol–water partition coefficient (Wildman–Crippen LogP) is 4.81. The third kappa shape index (κ3) is 1.48. The molecule has 1 heterocycles. The van der Waals surface area contributed by atoms with Gasteiger partial charge in [0.1, 0.15) is 0 Å². The number of halogens is 16. The number of ether oxygens (including phenoxy) is 1. The molecule has 0 radical (unpaired) electrons. The van der Waals surface area contributed by atoms with E-state index in [1.54, 1.807) is 4.74 Å². The summed E-state index contributed by atoms with van der Waals surface area (Å²) in [5, 5.41) is 0. The van der Waals surface area contributed by atoms with Crippen molar-refractivity contribution in [1.29, 1.82) is 0 Å². The summed E-state index contributed by atoms with van der Waals surface area (Å²) in [5.41, 5.74) is -7.73. The summed E-state index contributed by atoms with van der Waals surface area (Å²) in [6.07, 6.45) is -7.14. The van der Waals surface area contributed by atoms with Gasteiger partial charge in [0.05, 0.1) is 0 Å². The molecule has 0 aromatic carbocycles. The Morgan fingerprint density at radius 3 is 0.769 bits per heavy atom. The van der Waals surface area contributed by atoms with Crippen LogP contribution in [0.1, 0.15) is 0 Å². The molecule has 0 aromatic rings. The molecule has 0 atom stereocenters. The highest BCUT2D eigenvalue weighted by atomic mass is 19.4. The monoisotopic (exact) mass is 428 g/mol. The van der Waals surface area contributed by atoms with Gasteiger partial charge in [-0.15, -0.1) is 0 Å². The first-order valence-corrected chi connectivity index (χ1v) is 5.68. The van der Waals surface area contributed by atoms with Gasteiger partial charge in [0.15, 0.2) is 0 Å². The van der Waals surface area contributed by atoms with Crippen molar-refractivity contribution in [2.75, 3.05) is 0 Å². The Hall–Kier alpha value is -1.16. The predicted molar refractivity (Wildman–Crippen MR) is 43.4 cm³/mol. The van der Waals surface area contributed by atoms with E-state index in [0.717, 1.165) is 0 Å². The van der Waals surface area contributed by atoms with Gasteiger partial charge in [-0.25, -0.2) is 0 Å². The van der Waals surface area contributed by atoms with E-state index in [9.17, 15) is 70.2 Å². The number of hydrogen-bond donors (Lipinski definition) is 0. The average Bonchev–Trinajstić information content (AvgIpc) is 2.52. The van der Waals surface area contributed by atoms with Crippen LogP contribution in [-0.4, -0.2) is 53.2 Å². The van der Waals surface area contributed by atoms with Crippen LogP contribution in [0.25, 0.3) is 0 Å². The molecule has 1 saturated carbocycles. The average molecular weight is 428 g/mol. The first-order valence-electron chi connectivity index (χ1n) is 5.68. The standard InChI is InChI=1S/C9F16O/c10-2(11)1(4(14,15)8(22,23)9(24,25)26-1)3(12,13)6(18,19)7(20,21)5(2,16)17. The number of rotatable bonds is 0. The Morgan fingerprint density at radius 2 is 0.538 bits per heavy atom. The number of hydrogen-bond acceptors (Lipinski definition) is 1. The zero-order valence-electron chi connectivity index (χ0n) is 11.0. The second kappa shape index (κ2) is 4.29. The Kier molecular flexibility index (Phi) is 3.49. The molecule has 26 heavy (non-hydrogen) atoms. The van der Waals surface area contributed by atoms with Crippen molar-refractivity contribution in [3.8, 4) is 0 Å². The van der Waals surface area contributed by atoms with Crippen molar-refractivity contribution >= 4 is 0 Å². The third-order valence-electron chi connectivity index (χ3n) is 3.94. The third-order valence-corrected chi connectivity index (χ3v) is 3.94. The summed E-state index contributed by atoms with van der Waals surface area (Å²) < 4.78 is 213. The summed E-state index contributed by atoms with van der Waals surface area (Å²) >= 11 is 0. The van der Waals surface area contributed by atoms with E-state index < -0.39 is 53.2 Å². The van der Waals surface area contributed by atoms with Crippen LogP contribution in [0.4, 0.5) is 70.2 Å². The summed E-state index contributed by atoms with van der Waals surface area (Å²) in [7, 11) is 0. The Bertz CT molecular complexity index is 602. The molecule has 0 aromatic heterocycles. The van der Waals surface area contributed by atoms with Gasteiger partial charge in [0.25, 0.3) is 5.60 Å². The van der Waals surface area contributed by atoms with Gasteiger partial charge in [-0.2, -0.15) is 70.2 Å². The summed E-state index contributed by atoms with van der Waals surface area (Å²) in [6.45, 7) is 0. The number of alkyl halides is 16. The van der Waals surface area contributed by atoms with E-state index in [0.29, 0.717) is 0 Å². The maximum atomic E-state index is 13.5. The van der Waals surface area contributed by atoms with Gasteiger partial charge in [-0.3, -0.25) is 4.74 Å². The van der Waals surface area contributed by atoms with E-state index in [2.05, 4.69) is 0 Å². The lowest BCUT2D eigenvalue weighted by Gasteiger charge is -2.54. The topological polar surface area (TPSA) is 9.23 Å². The van der Waals surface area contributed by atoms with Gasteiger partial charge in [0.2, 0.25) is 0 Å². The highest BCUT2D eigenvalue weighted by Crippen LogP contribution is 2.77. The Balaban J connectivity index is 3.05. The molecular formula is C9F16O. The van der Waals surface area contributed by atoms with Gasteiger partial charge < -0.3 is 0 Å². The van der Waals surface area contributed by atoms with Crippen molar-refractivity contribution in [2.24, 2.45) is 0 Å². The molecule has 2 fully saturated rings. The molecule has 1 nitrogen and oxygen atoms in total. The maximum absolute atomic E-state index is 13.5. The summed E-state index contributed by atoms with van der Waals surface area (Å²) in [5.74, 6) is -55.1. The molecule has 1 spiro atoms. The van der Waals surface area contributed by atoms with Crippen LogP contribution in [0.3, 0.4) is 0 Å². The molecule has 1 aliphatic carbocycles. The van der Waals surface area contributed by atoms with Crippen LogP contribution in [0.2, 0.25) is 0 Å². The maximum Gasteiger partial charge on any atom is 0.427 e. The van der Waals surface area contributed by atoms with E-state index >= 15 is 0 Å². The minimum absolute atomic E-state index is 1.78. The first kappa shape index (κ1) is 21.1. The molecular weight excluding hydrogens is 428 g/mol.